The second-order valence-electron chi connectivity index (χ2n) is 12.7. The summed E-state index contributed by atoms with van der Waals surface area (Å²) >= 11 is 0. The Labute approximate surface area is 228 Å². The first-order chi connectivity index (χ1) is 18.0. The highest BCUT2D eigenvalue weighted by Crippen LogP contribution is 2.42. The number of aliphatic hydroxyl groups excluding tert-OH is 1. The van der Waals surface area contributed by atoms with Crippen LogP contribution in [0.2, 0.25) is 0 Å². The molecule has 3 aliphatic rings. The predicted octanol–water partition coefficient (Wildman–Crippen LogP) is 8.97. The molecule has 210 valence electrons. The third kappa shape index (κ3) is 10.7. The van der Waals surface area contributed by atoms with Crippen LogP contribution in [0.15, 0.2) is 36.0 Å². The minimum Gasteiger partial charge on any atom is -0.462 e. The lowest BCUT2D eigenvalue weighted by molar-refractivity contribution is -0.140. The summed E-state index contributed by atoms with van der Waals surface area (Å²) in [6.45, 7) is 7.96. The average Bonchev–Trinajstić information content (AvgIpc) is 2.92. The van der Waals surface area contributed by atoms with Gasteiger partial charge in [-0.2, -0.15) is 0 Å². The summed E-state index contributed by atoms with van der Waals surface area (Å²) < 4.78 is 5.22. The summed E-state index contributed by atoms with van der Waals surface area (Å²) in [6.07, 6.45) is 30.5. The standard InChI is InChI=1S/C34H56O3/c1-4-5-6-10-29-18-20-33-23-30(19-21-32(33)22-29)17-16-28-14-12-27(13-15-28)9-7-8-11-31(24-35)25-37-34(36)26(2)3/h18,20,22,27-28,30-33,35H,2,4-17,19,21,23-25H2,1,3H3. The van der Waals surface area contributed by atoms with Crippen LogP contribution >= 0.6 is 0 Å². The predicted molar refractivity (Wildman–Crippen MR) is 155 cm³/mol. The number of rotatable bonds is 16. The molecule has 3 aliphatic carbocycles. The smallest absolute Gasteiger partial charge is 0.333 e. The molecule has 2 saturated carbocycles. The Balaban J connectivity index is 1.23. The zero-order valence-corrected chi connectivity index (χ0v) is 24.1. The van der Waals surface area contributed by atoms with E-state index in [9.17, 15) is 9.90 Å². The lowest BCUT2D eigenvalue weighted by Crippen LogP contribution is -2.25. The van der Waals surface area contributed by atoms with E-state index in [0.717, 1.165) is 42.4 Å². The quantitative estimate of drug-likeness (QED) is 0.127. The summed E-state index contributed by atoms with van der Waals surface area (Å²) in [4.78, 5) is 11.6. The van der Waals surface area contributed by atoms with Crippen molar-refractivity contribution in [3.05, 3.63) is 36.0 Å². The molecule has 0 aromatic carbocycles. The van der Waals surface area contributed by atoms with Gasteiger partial charge in [0.2, 0.25) is 0 Å². The normalized spacial score (nSPS) is 28.3. The number of aliphatic hydroxyl groups is 1. The molecular weight excluding hydrogens is 456 g/mol. The lowest BCUT2D eigenvalue weighted by atomic mass is 9.69. The van der Waals surface area contributed by atoms with Crippen LogP contribution < -0.4 is 0 Å². The van der Waals surface area contributed by atoms with Crippen molar-refractivity contribution in [3.63, 3.8) is 0 Å². The third-order valence-electron chi connectivity index (χ3n) is 9.60. The van der Waals surface area contributed by atoms with Crippen molar-refractivity contribution in [2.75, 3.05) is 13.2 Å². The summed E-state index contributed by atoms with van der Waals surface area (Å²) in [5, 5.41) is 9.58. The van der Waals surface area contributed by atoms with Gasteiger partial charge in [-0.3, -0.25) is 0 Å². The lowest BCUT2D eigenvalue weighted by Gasteiger charge is -2.36. The Kier molecular flexibility index (Phi) is 13.5. The van der Waals surface area contributed by atoms with Gasteiger partial charge < -0.3 is 9.84 Å². The van der Waals surface area contributed by atoms with E-state index >= 15 is 0 Å². The van der Waals surface area contributed by atoms with Crippen LogP contribution in [0.1, 0.15) is 123 Å². The minimum absolute atomic E-state index is 0.0575. The molecular formula is C34H56O3. The highest BCUT2D eigenvalue weighted by atomic mass is 16.5. The fraction of sp³-hybridized carbons (Fsp3) is 0.794. The summed E-state index contributed by atoms with van der Waals surface area (Å²) in [7, 11) is 0. The molecule has 0 saturated heterocycles. The fourth-order valence-electron chi connectivity index (χ4n) is 7.02. The average molecular weight is 513 g/mol. The van der Waals surface area contributed by atoms with Crippen LogP contribution in [0.4, 0.5) is 0 Å². The van der Waals surface area contributed by atoms with Gasteiger partial charge >= 0.3 is 5.97 Å². The van der Waals surface area contributed by atoms with E-state index in [2.05, 4.69) is 31.7 Å². The molecule has 3 rings (SSSR count). The molecule has 2 fully saturated rings. The van der Waals surface area contributed by atoms with E-state index in [4.69, 9.17) is 4.74 Å². The topological polar surface area (TPSA) is 46.5 Å². The molecule has 1 N–H and O–H groups in total. The van der Waals surface area contributed by atoms with Crippen molar-refractivity contribution in [1.82, 2.24) is 0 Å². The summed E-state index contributed by atoms with van der Waals surface area (Å²) in [5.74, 6) is 4.15. The van der Waals surface area contributed by atoms with E-state index in [1.165, 1.54) is 96.3 Å². The van der Waals surface area contributed by atoms with Gasteiger partial charge in [-0.25, -0.2) is 4.79 Å². The van der Waals surface area contributed by atoms with Crippen LogP contribution in [-0.2, 0) is 9.53 Å². The molecule has 0 aromatic heterocycles. The first kappa shape index (κ1) is 30.2. The maximum atomic E-state index is 11.6. The SMILES string of the molecule is C=C(C)C(=O)OCC(CO)CCCCC1CCC(CCC2CCC3C=C(CCCCC)C=CC3C2)CC1. The number of allylic oxidation sites excluding steroid dienone is 4. The highest BCUT2D eigenvalue weighted by Gasteiger charge is 2.30. The first-order valence-corrected chi connectivity index (χ1v) is 15.8. The van der Waals surface area contributed by atoms with E-state index in [0.29, 0.717) is 12.2 Å². The Morgan fingerprint density at radius 1 is 0.973 bits per heavy atom. The van der Waals surface area contributed by atoms with Gasteiger partial charge in [0, 0.05) is 18.1 Å². The van der Waals surface area contributed by atoms with Crippen LogP contribution in [-0.4, -0.2) is 24.3 Å². The van der Waals surface area contributed by atoms with E-state index in [1.54, 1.807) is 12.5 Å². The molecule has 0 bridgehead atoms. The second-order valence-corrected chi connectivity index (χ2v) is 12.7. The monoisotopic (exact) mass is 512 g/mol. The molecule has 37 heavy (non-hydrogen) atoms. The van der Waals surface area contributed by atoms with E-state index in [-0.39, 0.29) is 18.5 Å². The Bertz CT molecular complexity index is 742. The van der Waals surface area contributed by atoms with Crippen molar-refractivity contribution in [1.29, 1.82) is 0 Å². The molecule has 0 amide bonds. The van der Waals surface area contributed by atoms with Crippen LogP contribution in [0.25, 0.3) is 0 Å². The molecule has 0 heterocycles. The number of fused-ring (bicyclic) bond motifs is 1. The van der Waals surface area contributed by atoms with E-state index in [1.807, 2.05) is 0 Å². The third-order valence-corrected chi connectivity index (χ3v) is 9.60. The van der Waals surface area contributed by atoms with Crippen molar-refractivity contribution in [2.45, 2.75) is 123 Å². The molecule has 0 aliphatic heterocycles. The largest absolute Gasteiger partial charge is 0.462 e. The van der Waals surface area contributed by atoms with Crippen molar-refractivity contribution < 1.29 is 14.6 Å². The number of hydrogen-bond acceptors (Lipinski definition) is 3. The van der Waals surface area contributed by atoms with Gasteiger partial charge in [0.15, 0.2) is 0 Å². The zero-order chi connectivity index (χ0) is 26.5. The van der Waals surface area contributed by atoms with Gasteiger partial charge in [-0.15, -0.1) is 0 Å². The van der Waals surface area contributed by atoms with Gasteiger partial charge in [0.05, 0.1) is 6.61 Å². The number of hydrogen-bond donors (Lipinski definition) is 1. The Morgan fingerprint density at radius 2 is 1.68 bits per heavy atom. The van der Waals surface area contributed by atoms with Crippen LogP contribution in [0.3, 0.4) is 0 Å². The number of carbonyl (C=O) groups is 1. The van der Waals surface area contributed by atoms with Crippen LogP contribution in [0, 0.1) is 35.5 Å². The maximum absolute atomic E-state index is 11.6. The molecule has 3 nitrogen and oxygen atoms in total. The summed E-state index contributed by atoms with van der Waals surface area (Å²) in [5.41, 5.74) is 2.03. The molecule has 0 radical (unpaired) electrons. The summed E-state index contributed by atoms with van der Waals surface area (Å²) in [6, 6.07) is 0. The fourth-order valence-corrected chi connectivity index (χ4v) is 7.02. The van der Waals surface area contributed by atoms with Crippen LogP contribution in [0.5, 0.6) is 0 Å². The van der Waals surface area contributed by atoms with Gasteiger partial charge in [-0.05, 0) is 75.0 Å². The molecule has 4 atom stereocenters. The number of ether oxygens (including phenoxy) is 1. The molecule has 0 spiro atoms. The number of carbonyl (C=O) groups excluding carboxylic acids is 1. The van der Waals surface area contributed by atoms with Gasteiger partial charge in [0.25, 0.3) is 0 Å². The Morgan fingerprint density at radius 3 is 2.38 bits per heavy atom. The van der Waals surface area contributed by atoms with Crippen molar-refractivity contribution in [3.8, 4) is 0 Å². The Hall–Kier alpha value is -1.35. The molecule has 3 heteroatoms. The maximum Gasteiger partial charge on any atom is 0.333 e. The van der Waals surface area contributed by atoms with Gasteiger partial charge in [-0.1, -0.05) is 108 Å². The number of unbranched alkanes of at least 4 members (excludes halogenated alkanes) is 3. The second kappa shape index (κ2) is 16.6. The number of esters is 1. The minimum atomic E-state index is -0.349. The zero-order valence-electron chi connectivity index (χ0n) is 24.1. The van der Waals surface area contributed by atoms with Crippen molar-refractivity contribution in [2.24, 2.45) is 35.5 Å². The highest BCUT2D eigenvalue weighted by molar-refractivity contribution is 5.86. The van der Waals surface area contributed by atoms with Gasteiger partial charge in [0.1, 0.15) is 0 Å². The first-order valence-electron chi connectivity index (χ1n) is 15.8. The van der Waals surface area contributed by atoms with E-state index < -0.39 is 0 Å². The molecule has 0 aromatic rings. The molecule has 4 unspecified atom stereocenters. The van der Waals surface area contributed by atoms with Crippen molar-refractivity contribution >= 4 is 5.97 Å².